The highest BCUT2D eigenvalue weighted by Crippen LogP contribution is 2.51. The number of rotatable bonds is 3. The first kappa shape index (κ1) is 37.6. The molecule has 8 aromatic carbocycles. The Labute approximate surface area is 373 Å². The van der Waals surface area contributed by atoms with E-state index in [1.165, 1.54) is 77.4 Å². The van der Waals surface area contributed by atoms with E-state index < -0.39 is 0 Å². The minimum Gasteiger partial charge on any atom is -0.456 e. The zero-order valence-corrected chi connectivity index (χ0v) is 37.7. The molecule has 1 aliphatic heterocycles. The van der Waals surface area contributed by atoms with Crippen LogP contribution in [0.3, 0.4) is 0 Å². The zero-order chi connectivity index (χ0) is 43.6. The number of aromatic nitrogens is 1. The van der Waals surface area contributed by atoms with Crippen molar-refractivity contribution < 1.29 is 8.83 Å². The van der Waals surface area contributed by atoms with Crippen LogP contribution in [0.4, 0.5) is 11.4 Å². The van der Waals surface area contributed by atoms with Crippen molar-refractivity contribution in [3.8, 4) is 27.9 Å². The maximum atomic E-state index is 6.76. The molecule has 1 aliphatic carbocycles. The van der Waals surface area contributed by atoms with Crippen LogP contribution in [0.15, 0.2) is 148 Å². The summed E-state index contributed by atoms with van der Waals surface area (Å²) in [4.78, 5) is 0. The van der Waals surface area contributed by atoms with Crippen LogP contribution in [-0.2, 0) is 16.2 Å². The summed E-state index contributed by atoms with van der Waals surface area (Å²) in [6.45, 7) is 18.3. The largest absolute Gasteiger partial charge is 0.456 e. The van der Waals surface area contributed by atoms with Gasteiger partial charge in [-0.3, -0.25) is 0 Å². The molecule has 0 bridgehead atoms. The second-order valence-corrected chi connectivity index (χ2v) is 21.1. The molecule has 0 radical (unpaired) electrons. The number of hydrogen-bond donors (Lipinski definition) is 1. The van der Waals surface area contributed by atoms with Gasteiger partial charge in [0.1, 0.15) is 22.3 Å². The molecule has 1 N–H and O–H groups in total. The Morgan fingerprint density at radius 3 is 1.97 bits per heavy atom. The van der Waals surface area contributed by atoms with Gasteiger partial charge in [0, 0.05) is 66.3 Å². The standard InChI is InChI=1S/C59H49BN2O2/c1-57(2,3)32-17-20-34(21-18-32)61-48-31-54-43(37-22-19-33(58(4,5)6)25-52(37)64-54)27-41(48)38-23-24-39-42-26-40-35-13-9-11-15-45(35)59(7,8)46(40)29-49(42)62-50-28-44-36-14-10-12-16-51(36)63-53(44)30-47(50)60-55(38)56(39)62/h9-31,60-61H,1-8H3. The van der Waals surface area contributed by atoms with Crippen LogP contribution in [0.5, 0.6) is 0 Å². The van der Waals surface area contributed by atoms with E-state index in [0.29, 0.717) is 0 Å². The molecular weight excluding hydrogens is 779 g/mol. The van der Waals surface area contributed by atoms with Gasteiger partial charge in [0.15, 0.2) is 7.28 Å². The summed E-state index contributed by atoms with van der Waals surface area (Å²) >= 11 is 0. The number of benzene rings is 8. The maximum Gasteiger partial charge on any atom is 0.198 e. The Bertz CT molecular complexity index is 3820. The number of anilines is 2. The SMILES string of the molecule is CC(C)(C)c1ccc(Nc2cc3oc4cc(C(C)(C)C)ccc4c3cc2-c2ccc3c4cc5c(cc4n4c3c2Bc2cc3oc6ccccc6c3cc2-4)C(C)(C)c2ccccc2-5)cc1. The molecule has 0 amide bonds. The molecule has 310 valence electrons. The lowest BCUT2D eigenvalue weighted by atomic mass is 9.59. The van der Waals surface area contributed by atoms with Gasteiger partial charge in [-0.2, -0.15) is 0 Å². The summed E-state index contributed by atoms with van der Waals surface area (Å²) in [6, 6.07) is 52.1. The number of nitrogens with one attached hydrogen (secondary N) is 1. The minimum absolute atomic E-state index is 0.00428. The quantitative estimate of drug-likeness (QED) is 0.180. The van der Waals surface area contributed by atoms with Crippen molar-refractivity contribution >= 4 is 95.3 Å². The van der Waals surface area contributed by atoms with Crippen LogP contribution >= 0.6 is 0 Å². The highest BCUT2D eigenvalue weighted by molar-refractivity contribution is 6.73. The molecule has 2 aliphatic rings. The molecule has 13 rings (SSSR count). The predicted molar refractivity (Wildman–Crippen MR) is 272 cm³/mol. The topological polar surface area (TPSA) is 43.2 Å². The van der Waals surface area contributed by atoms with Crippen LogP contribution in [0, 0.1) is 0 Å². The summed E-state index contributed by atoms with van der Waals surface area (Å²) in [6.07, 6.45) is 0. The van der Waals surface area contributed by atoms with Crippen LogP contribution in [0.25, 0.3) is 93.6 Å². The lowest BCUT2D eigenvalue weighted by molar-refractivity contribution is 0.587. The molecule has 0 atom stereocenters. The third-order valence-electron chi connectivity index (χ3n) is 14.7. The van der Waals surface area contributed by atoms with Crippen molar-refractivity contribution in [3.63, 3.8) is 0 Å². The lowest BCUT2D eigenvalue weighted by Gasteiger charge is -2.25. The van der Waals surface area contributed by atoms with Crippen molar-refractivity contribution in [1.82, 2.24) is 4.57 Å². The summed E-state index contributed by atoms with van der Waals surface area (Å²) in [5, 5.41) is 11.0. The third-order valence-corrected chi connectivity index (χ3v) is 14.7. The average molecular weight is 829 g/mol. The first-order valence-corrected chi connectivity index (χ1v) is 22.8. The molecule has 4 nitrogen and oxygen atoms in total. The van der Waals surface area contributed by atoms with Crippen LogP contribution in [0.2, 0.25) is 0 Å². The molecule has 5 heteroatoms. The number of furan rings is 2. The van der Waals surface area contributed by atoms with E-state index in [-0.39, 0.29) is 16.2 Å². The molecule has 0 spiro atoms. The highest BCUT2D eigenvalue weighted by atomic mass is 16.3. The van der Waals surface area contributed by atoms with E-state index >= 15 is 0 Å². The van der Waals surface area contributed by atoms with Crippen molar-refractivity contribution in [1.29, 1.82) is 0 Å². The number of hydrogen-bond acceptors (Lipinski definition) is 3. The Kier molecular flexibility index (Phi) is 7.40. The highest BCUT2D eigenvalue weighted by Gasteiger charge is 2.37. The molecule has 64 heavy (non-hydrogen) atoms. The molecular formula is C59H49BN2O2. The molecule has 4 heterocycles. The van der Waals surface area contributed by atoms with E-state index in [0.717, 1.165) is 68.1 Å². The summed E-state index contributed by atoms with van der Waals surface area (Å²) in [5.41, 5.74) is 22.3. The molecule has 11 aromatic rings. The van der Waals surface area contributed by atoms with Crippen molar-refractivity contribution in [3.05, 3.63) is 162 Å². The van der Waals surface area contributed by atoms with Crippen molar-refractivity contribution in [2.24, 2.45) is 0 Å². The van der Waals surface area contributed by atoms with Crippen LogP contribution in [-0.4, -0.2) is 11.8 Å². The third kappa shape index (κ3) is 5.24. The molecule has 0 saturated heterocycles. The van der Waals surface area contributed by atoms with Gasteiger partial charge in [0.2, 0.25) is 0 Å². The second-order valence-electron chi connectivity index (χ2n) is 21.1. The Morgan fingerprint density at radius 2 is 1.16 bits per heavy atom. The van der Waals surface area contributed by atoms with Crippen molar-refractivity contribution in [2.75, 3.05) is 5.32 Å². The first-order valence-electron chi connectivity index (χ1n) is 22.8. The second kappa shape index (κ2) is 12.6. The van der Waals surface area contributed by atoms with Gasteiger partial charge in [0.05, 0.1) is 11.2 Å². The van der Waals surface area contributed by atoms with E-state index in [9.17, 15) is 0 Å². The summed E-state index contributed by atoms with van der Waals surface area (Å²) in [7, 11) is 0.762. The van der Waals surface area contributed by atoms with Gasteiger partial charge in [-0.05, 0) is 110 Å². The number of nitrogens with zero attached hydrogens (tertiary/aromatic N) is 1. The van der Waals surface area contributed by atoms with Gasteiger partial charge in [-0.15, -0.1) is 0 Å². The maximum absolute atomic E-state index is 6.76. The Balaban J connectivity index is 1.11. The van der Waals surface area contributed by atoms with Gasteiger partial charge >= 0.3 is 0 Å². The van der Waals surface area contributed by atoms with E-state index in [2.05, 4.69) is 205 Å². The number of fused-ring (bicyclic) bond motifs is 14. The number of para-hydroxylation sites is 1. The van der Waals surface area contributed by atoms with Gasteiger partial charge in [-0.25, -0.2) is 0 Å². The normalized spacial score (nSPS) is 14.2. The first-order chi connectivity index (χ1) is 30.7. The smallest absolute Gasteiger partial charge is 0.198 e. The van der Waals surface area contributed by atoms with Crippen LogP contribution in [0.1, 0.15) is 77.6 Å². The van der Waals surface area contributed by atoms with E-state index in [4.69, 9.17) is 8.83 Å². The monoisotopic (exact) mass is 828 g/mol. The van der Waals surface area contributed by atoms with Gasteiger partial charge in [-0.1, -0.05) is 140 Å². The van der Waals surface area contributed by atoms with Crippen molar-refractivity contribution in [2.45, 2.75) is 71.6 Å². The zero-order valence-electron chi connectivity index (χ0n) is 37.7. The fraction of sp³-hybridized carbons (Fsp3) is 0.186. The molecule has 0 unspecified atom stereocenters. The van der Waals surface area contributed by atoms with E-state index in [1.807, 2.05) is 0 Å². The summed E-state index contributed by atoms with van der Waals surface area (Å²) in [5.74, 6) is 0. The minimum atomic E-state index is -0.130. The molecule has 3 aromatic heterocycles. The fourth-order valence-electron chi connectivity index (χ4n) is 11.2. The Morgan fingerprint density at radius 1 is 0.500 bits per heavy atom. The lowest BCUT2D eigenvalue weighted by Crippen LogP contribution is -2.37. The van der Waals surface area contributed by atoms with Crippen LogP contribution < -0.4 is 16.2 Å². The fourth-order valence-corrected chi connectivity index (χ4v) is 11.2. The average Bonchev–Trinajstić information content (AvgIpc) is 3.98. The molecule has 0 fully saturated rings. The Hall–Kier alpha value is -6.98. The summed E-state index contributed by atoms with van der Waals surface area (Å²) < 4.78 is 15.9. The molecule has 0 saturated carbocycles. The van der Waals surface area contributed by atoms with Gasteiger partial charge < -0.3 is 18.7 Å². The van der Waals surface area contributed by atoms with Gasteiger partial charge in [0.25, 0.3) is 0 Å². The van der Waals surface area contributed by atoms with E-state index in [1.54, 1.807) is 0 Å². The predicted octanol–water partition coefficient (Wildman–Crippen LogP) is 14.6.